The molecule has 0 saturated carbocycles. The van der Waals surface area contributed by atoms with Gasteiger partial charge in [0.15, 0.2) is 0 Å². The van der Waals surface area contributed by atoms with Crippen LogP contribution in [0.5, 0.6) is 5.75 Å². The van der Waals surface area contributed by atoms with Gasteiger partial charge in [-0.05, 0) is 26.8 Å². The first-order valence-corrected chi connectivity index (χ1v) is 6.13. The highest BCUT2D eigenvalue weighted by atomic mass is 16.5. The van der Waals surface area contributed by atoms with E-state index in [0.29, 0.717) is 6.42 Å². The number of rotatable bonds is 5. The van der Waals surface area contributed by atoms with Gasteiger partial charge in [0.05, 0.1) is 13.2 Å². The van der Waals surface area contributed by atoms with Crippen molar-refractivity contribution in [1.82, 2.24) is 5.32 Å². The zero-order chi connectivity index (χ0) is 13.7. The highest BCUT2D eigenvalue weighted by Crippen LogP contribution is 2.26. The summed E-state index contributed by atoms with van der Waals surface area (Å²) in [7, 11) is 1.63. The van der Waals surface area contributed by atoms with E-state index in [0.717, 1.165) is 16.9 Å². The molecule has 0 aliphatic heterocycles. The van der Waals surface area contributed by atoms with Crippen LogP contribution in [0, 0.1) is 6.92 Å². The zero-order valence-electron chi connectivity index (χ0n) is 11.5. The molecule has 1 aromatic rings. The average Bonchev–Trinajstić information content (AvgIpc) is 2.27. The van der Waals surface area contributed by atoms with Gasteiger partial charge in [0.1, 0.15) is 5.75 Å². The maximum Gasteiger partial charge on any atom is 0.222 e. The number of hydrogen-bond acceptors (Lipinski definition) is 3. The zero-order valence-corrected chi connectivity index (χ0v) is 11.5. The van der Waals surface area contributed by atoms with Crippen LogP contribution in [0.4, 0.5) is 0 Å². The molecule has 0 aliphatic rings. The van der Waals surface area contributed by atoms with Gasteiger partial charge < -0.3 is 15.8 Å². The minimum Gasteiger partial charge on any atom is -0.496 e. The van der Waals surface area contributed by atoms with Crippen molar-refractivity contribution in [3.63, 3.8) is 0 Å². The Morgan fingerprint density at radius 1 is 1.44 bits per heavy atom. The molecule has 4 nitrogen and oxygen atoms in total. The number of carbonyl (C=O) groups is 1. The van der Waals surface area contributed by atoms with Gasteiger partial charge in [-0.2, -0.15) is 0 Å². The lowest BCUT2D eigenvalue weighted by molar-refractivity contribution is -0.122. The second-order valence-corrected chi connectivity index (χ2v) is 4.72. The van der Waals surface area contributed by atoms with E-state index in [9.17, 15) is 4.79 Å². The van der Waals surface area contributed by atoms with Crippen molar-refractivity contribution in [2.75, 3.05) is 7.11 Å². The molecule has 0 radical (unpaired) electrons. The number of ether oxygens (including phenoxy) is 1. The van der Waals surface area contributed by atoms with Crippen LogP contribution in [0.1, 0.15) is 37.4 Å². The van der Waals surface area contributed by atoms with Crippen molar-refractivity contribution < 1.29 is 9.53 Å². The Hall–Kier alpha value is -1.55. The third-order valence-corrected chi connectivity index (χ3v) is 2.74. The third-order valence-electron chi connectivity index (χ3n) is 2.74. The molecule has 4 heteroatoms. The lowest BCUT2D eigenvalue weighted by Gasteiger charge is -2.18. The van der Waals surface area contributed by atoms with Crippen molar-refractivity contribution in [2.24, 2.45) is 5.73 Å². The molecule has 100 valence electrons. The largest absolute Gasteiger partial charge is 0.496 e. The van der Waals surface area contributed by atoms with Crippen LogP contribution in [0.25, 0.3) is 0 Å². The van der Waals surface area contributed by atoms with Gasteiger partial charge >= 0.3 is 0 Å². The summed E-state index contributed by atoms with van der Waals surface area (Å²) in [5, 5.41) is 2.93. The molecule has 0 aromatic heterocycles. The van der Waals surface area contributed by atoms with Crippen LogP contribution < -0.4 is 15.8 Å². The van der Waals surface area contributed by atoms with Crippen LogP contribution in [-0.4, -0.2) is 19.1 Å². The Kier molecular flexibility index (Phi) is 5.16. The van der Waals surface area contributed by atoms with Crippen molar-refractivity contribution in [3.05, 3.63) is 29.3 Å². The summed E-state index contributed by atoms with van der Waals surface area (Å²) in [6.45, 7) is 5.77. The molecule has 1 rings (SSSR count). The number of benzene rings is 1. The van der Waals surface area contributed by atoms with Gasteiger partial charge in [0.2, 0.25) is 5.91 Å². The molecule has 0 aliphatic carbocycles. The topological polar surface area (TPSA) is 64.3 Å². The summed E-state index contributed by atoms with van der Waals surface area (Å²) in [6.07, 6.45) is 0.332. The Morgan fingerprint density at radius 2 is 2.11 bits per heavy atom. The van der Waals surface area contributed by atoms with Crippen molar-refractivity contribution in [1.29, 1.82) is 0 Å². The number of amides is 1. The van der Waals surface area contributed by atoms with E-state index in [1.807, 2.05) is 39.0 Å². The Bertz CT molecular complexity index is 416. The number of nitrogens with two attached hydrogens (primary N) is 1. The van der Waals surface area contributed by atoms with E-state index in [4.69, 9.17) is 10.5 Å². The predicted molar refractivity (Wildman–Crippen MR) is 72.6 cm³/mol. The summed E-state index contributed by atoms with van der Waals surface area (Å²) in [4.78, 5) is 11.7. The lowest BCUT2D eigenvalue weighted by Crippen LogP contribution is -2.31. The molecule has 0 fully saturated rings. The second kappa shape index (κ2) is 6.40. The van der Waals surface area contributed by atoms with Crippen LogP contribution in [0.15, 0.2) is 18.2 Å². The number of nitrogens with one attached hydrogen (secondary N) is 1. The second-order valence-electron chi connectivity index (χ2n) is 4.72. The fourth-order valence-electron chi connectivity index (χ4n) is 1.86. The summed E-state index contributed by atoms with van der Waals surface area (Å²) >= 11 is 0. The number of hydrogen-bond donors (Lipinski definition) is 2. The van der Waals surface area contributed by atoms with Crippen molar-refractivity contribution >= 4 is 5.91 Å². The average molecular weight is 250 g/mol. The first-order chi connectivity index (χ1) is 8.43. The van der Waals surface area contributed by atoms with Crippen LogP contribution in [-0.2, 0) is 4.79 Å². The molecular weight excluding hydrogens is 228 g/mol. The minimum atomic E-state index is -0.128. The molecular formula is C14H22N2O2. The molecule has 0 saturated heterocycles. The molecule has 18 heavy (non-hydrogen) atoms. The van der Waals surface area contributed by atoms with E-state index >= 15 is 0 Å². The van der Waals surface area contributed by atoms with Crippen LogP contribution >= 0.6 is 0 Å². The van der Waals surface area contributed by atoms with Gasteiger partial charge in [0.25, 0.3) is 0 Å². The quantitative estimate of drug-likeness (QED) is 0.839. The molecule has 1 aromatic carbocycles. The normalized spacial score (nSPS) is 13.8. The maximum absolute atomic E-state index is 11.7. The monoisotopic (exact) mass is 250 g/mol. The maximum atomic E-state index is 11.7. The molecule has 0 spiro atoms. The molecule has 0 bridgehead atoms. The van der Waals surface area contributed by atoms with E-state index in [1.165, 1.54) is 0 Å². The summed E-state index contributed by atoms with van der Waals surface area (Å²) in [5.41, 5.74) is 7.72. The van der Waals surface area contributed by atoms with E-state index in [1.54, 1.807) is 7.11 Å². The molecule has 1 amide bonds. The standard InChI is InChI=1S/C14H22N2O2/c1-9-5-6-13(18-4)12(7-9)11(3)16-14(17)8-10(2)15/h5-7,10-11H,8,15H2,1-4H3,(H,16,17). The summed E-state index contributed by atoms with van der Waals surface area (Å²) in [6, 6.07) is 5.70. The SMILES string of the molecule is COc1ccc(C)cc1C(C)NC(=O)CC(C)N. The summed E-state index contributed by atoms with van der Waals surface area (Å²) in [5.74, 6) is 0.746. The molecule has 0 heterocycles. The van der Waals surface area contributed by atoms with Crippen LogP contribution in [0.3, 0.4) is 0 Å². The molecule has 2 atom stereocenters. The first-order valence-electron chi connectivity index (χ1n) is 6.13. The highest BCUT2D eigenvalue weighted by molar-refractivity contribution is 5.77. The van der Waals surface area contributed by atoms with E-state index in [2.05, 4.69) is 5.32 Å². The fourth-order valence-corrected chi connectivity index (χ4v) is 1.86. The number of carbonyl (C=O) groups excluding carboxylic acids is 1. The fraction of sp³-hybridized carbons (Fsp3) is 0.500. The molecule has 3 N–H and O–H groups in total. The van der Waals surface area contributed by atoms with Gasteiger partial charge in [-0.3, -0.25) is 4.79 Å². The smallest absolute Gasteiger partial charge is 0.222 e. The van der Waals surface area contributed by atoms with Crippen molar-refractivity contribution in [2.45, 2.75) is 39.3 Å². The Morgan fingerprint density at radius 3 is 2.67 bits per heavy atom. The predicted octanol–water partition coefficient (Wildman–Crippen LogP) is 1.92. The van der Waals surface area contributed by atoms with Gasteiger partial charge in [-0.1, -0.05) is 17.7 Å². The van der Waals surface area contributed by atoms with Gasteiger partial charge in [0, 0.05) is 18.0 Å². The highest BCUT2D eigenvalue weighted by Gasteiger charge is 2.14. The van der Waals surface area contributed by atoms with Crippen LogP contribution in [0.2, 0.25) is 0 Å². The Labute approximate surface area is 109 Å². The third kappa shape index (κ3) is 4.04. The lowest BCUT2D eigenvalue weighted by atomic mass is 10.0. The van der Waals surface area contributed by atoms with E-state index < -0.39 is 0 Å². The Balaban J connectivity index is 2.80. The first kappa shape index (κ1) is 14.5. The summed E-state index contributed by atoms with van der Waals surface area (Å²) < 4.78 is 5.31. The van der Waals surface area contributed by atoms with E-state index in [-0.39, 0.29) is 18.0 Å². The number of aryl methyl sites for hydroxylation is 1. The minimum absolute atomic E-state index is 0.0407. The number of methoxy groups -OCH3 is 1. The van der Waals surface area contributed by atoms with Crippen molar-refractivity contribution in [3.8, 4) is 5.75 Å². The van der Waals surface area contributed by atoms with Gasteiger partial charge in [-0.25, -0.2) is 0 Å². The van der Waals surface area contributed by atoms with Gasteiger partial charge in [-0.15, -0.1) is 0 Å². The molecule has 2 unspecified atom stereocenters.